The Balaban J connectivity index is 1.36. The summed E-state index contributed by atoms with van der Waals surface area (Å²) in [7, 11) is 0. The van der Waals surface area contributed by atoms with Crippen LogP contribution in [0.15, 0.2) is 42.9 Å². The number of aromatic nitrogens is 5. The van der Waals surface area contributed by atoms with E-state index < -0.39 is 11.7 Å². The molecule has 3 aromatic heterocycles. The zero-order valence-electron chi connectivity index (χ0n) is 17.0. The van der Waals surface area contributed by atoms with E-state index in [1.54, 1.807) is 24.4 Å². The fourth-order valence-electron chi connectivity index (χ4n) is 3.69. The summed E-state index contributed by atoms with van der Waals surface area (Å²) in [4.78, 5) is 16.9. The highest BCUT2D eigenvalue weighted by atomic mass is 19.4. The lowest BCUT2D eigenvalue weighted by Crippen LogP contribution is -2.56. The smallest absolute Gasteiger partial charge is 0.378 e. The average molecular weight is 446 g/mol. The maximum absolute atomic E-state index is 13.6. The van der Waals surface area contributed by atoms with E-state index in [0.717, 1.165) is 25.2 Å². The number of hydrogen-bond donors (Lipinski definition) is 1. The highest BCUT2D eigenvalue weighted by Crippen LogP contribution is 2.33. The Kier molecular flexibility index (Phi) is 5.39. The molecular weight excluding hydrogens is 425 g/mol. The van der Waals surface area contributed by atoms with Crippen LogP contribution in [-0.2, 0) is 10.9 Å². The molecule has 2 fully saturated rings. The summed E-state index contributed by atoms with van der Waals surface area (Å²) in [5.74, 6) is 0.975. The van der Waals surface area contributed by atoms with Gasteiger partial charge >= 0.3 is 6.18 Å². The molecule has 12 heteroatoms. The topological polar surface area (TPSA) is 84.2 Å². The standard InChI is InChI=1S/C20H21F3N8O/c21-20(22,23)14-9-16(27-19-25-13-31(28-19)17-3-1-2-4-24-17)26-18(10-14)30-7-5-29(6-8-30)15-11-32-12-15/h1-4,9-10,13,15H,5-8,11-12H2,(H,26,27,28). The number of rotatable bonds is 5. The van der Waals surface area contributed by atoms with Gasteiger partial charge in [0, 0.05) is 32.4 Å². The Hall–Kier alpha value is -3.25. The molecule has 2 aliphatic rings. The van der Waals surface area contributed by atoms with Crippen molar-refractivity contribution in [1.29, 1.82) is 0 Å². The Bertz CT molecular complexity index is 1060. The molecule has 0 aliphatic carbocycles. The van der Waals surface area contributed by atoms with Gasteiger partial charge in [0.05, 0.1) is 24.8 Å². The van der Waals surface area contributed by atoms with Crippen LogP contribution in [0.2, 0.25) is 0 Å². The molecule has 5 rings (SSSR count). The lowest BCUT2D eigenvalue weighted by molar-refractivity contribution is -0.137. The van der Waals surface area contributed by atoms with Crippen LogP contribution in [0.1, 0.15) is 5.56 Å². The number of nitrogens with one attached hydrogen (secondary N) is 1. The molecule has 0 amide bonds. The fraction of sp³-hybridized carbons (Fsp3) is 0.400. The Labute approximate surface area is 181 Å². The highest BCUT2D eigenvalue weighted by molar-refractivity contribution is 5.56. The lowest BCUT2D eigenvalue weighted by atomic mass is 10.1. The van der Waals surface area contributed by atoms with Crippen molar-refractivity contribution < 1.29 is 17.9 Å². The SMILES string of the molecule is FC(F)(F)c1cc(Nc2ncn(-c3ccccn3)n2)nc(N2CCN(C3COC3)CC2)c1. The zero-order chi connectivity index (χ0) is 22.1. The first-order valence-electron chi connectivity index (χ1n) is 10.2. The Morgan fingerprint density at radius 3 is 2.47 bits per heavy atom. The summed E-state index contributed by atoms with van der Waals surface area (Å²) in [5.41, 5.74) is -0.774. The van der Waals surface area contributed by atoms with E-state index in [9.17, 15) is 13.2 Å². The first kappa shape index (κ1) is 20.6. The molecule has 168 valence electrons. The van der Waals surface area contributed by atoms with Crippen LogP contribution in [-0.4, -0.2) is 75.1 Å². The van der Waals surface area contributed by atoms with Crippen molar-refractivity contribution in [2.24, 2.45) is 0 Å². The van der Waals surface area contributed by atoms with Crippen molar-refractivity contribution in [3.8, 4) is 5.82 Å². The van der Waals surface area contributed by atoms with E-state index >= 15 is 0 Å². The summed E-state index contributed by atoms with van der Waals surface area (Å²) in [6.07, 6.45) is -1.45. The van der Waals surface area contributed by atoms with Gasteiger partial charge in [0.2, 0.25) is 5.95 Å². The van der Waals surface area contributed by atoms with Crippen LogP contribution in [0, 0.1) is 0 Å². The molecule has 0 spiro atoms. The molecule has 0 radical (unpaired) electrons. The monoisotopic (exact) mass is 446 g/mol. The predicted molar refractivity (Wildman–Crippen MR) is 110 cm³/mol. The number of nitrogens with zero attached hydrogens (tertiary/aromatic N) is 7. The third-order valence-electron chi connectivity index (χ3n) is 5.53. The van der Waals surface area contributed by atoms with Gasteiger partial charge in [-0.3, -0.25) is 4.90 Å². The third-order valence-corrected chi connectivity index (χ3v) is 5.53. The number of anilines is 3. The molecule has 3 aromatic rings. The maximum atomic E-state index is 13.6. The van der Waals surface area contributed by atoms with Crippen LogP contribution in [0.4, 0.5) is 30.8 Å². The van der Waals surface area contributed by atoms with Crippen LogP contribution < -0.4 is 10.2 Å². The van der Waals surface area contributed by atoms with E-state index in [0.29, 0.717) is 38.2 Å². The quantitative estimate of drug-likeness (QED) is 0.640. The van der Waals surface area contributed by atoms with Crippen molar-refractivity contribution >= 4 is 17.6 Å². The number of ether oxygens (including phenoxy) is 1. The number of pyridine rings is 2. The minimum Gasteiger partial charge on any atom is -0.378 e. The van der Waals surface area contributed by atoms with Gasteiger partial charge in [0.15, 0.2) is 5.82 Å². The number of halogens is 3. The normalized spacial score (nSPS) is 17.9. The van der Waals surface area contributed by atoms with E-state index in [2.05, 4.69) is 30.3 Å². The summed E-state index contributed by atoms with van der Waals surface area (Å²) in [6.45, 7) is 4.13. The second-order valence-corrected chi connectivity index (χ2v) is 7.64. The first-order valence-corrected chi connectivity index (χ1v) is 10.2. The van der Waals surface area contributed by atoms with Crippen LogP contribution in [0.25, 0.3) is 5.82 Å². The van der Waals surface area contributed by atoms with Gasteiger partial charge in [-0.2, -0.15) is 18.2 Å². The van der Waals surface area contributed by atoms with Gasteiger partial charge in [-0.15, -0.1) is 5.10 Å². The van der Waals surface area contributed by atoms with Crippen LogP contribution in [0.5, 0.6) is 0 Å². The molecule has 0 aromatic carbocycles. The molecule has 5 heterocycles. The zero-order valence-corrected chi connectivity index (χ0v) is 17.0. The van der Waals surface area contributed by atoms with E-state index in [4.69, 9.17) is 4.74 Å². The highest BCUT2D eigenvalue weighted by Gasteiger charge is 2.34. The van der Waals surface area contributed by atoms with Gasteiger partial charge in [-0.25, -0.2) is 14.6 Å². The number of hydrogen-bond acceptors (Lipinski definition) is 8. The second kappa shape index (κ2) is 8.36. The van der Waals surface area contributed by atoms with Gasteiger partial charge in [0.1, 0.15) is 18.0 Å². The molecule has 0 saturated carbocycles. The molecule has 2 aliphatic heterocycles. The molecular formula is C20H21F3N8O. The van der Waals surface area contributed by atoms with E-state index in [1.807, 2.05) is 4.90 Å². The summed E-state index contributed by atoms with van der Waals surface area (Å²) >= 11 is 0. The van der Waals surface area contributed by atoms with E-state index in [-0.39, 0.29) is 17.6 Å². The molecule has 1 N–H and O–H groups in total. The Morgan fingerprint density at radius 1 is 1.00 bits per heavy atom. The molecule has 2 saturated heterocycles. The summed E-state index contributed by atoms with van der Waals surface area (Å²) in [5, 5.41) is 7.03. The third kappa shape index (κ3) is 4.36. The van der Waals surface area contributed by atoms with Crippen molar-refractivity contribution in [1.82, 2.24) is 29.6 Å². The average Bonchev–Trinajstić information content (AvgIpc) is 3.21. The lowest BCUT2D eigenvalue weighted by Gasteiger charge is -2.43. The van der Waals surface area contributed by atoms with E-state index in [1.165, 1.54) is 11.0 Å². The number of piperazine rings is 1. The van der Waals surface area contributed by atoms with Crippen molar-refractivity contribution in [2.45, 2.75) is 12.2 Å². The summed E-state index contributed by atoms with van der Waals surface area (Å²) in [6, 6.07) is 7.78. The molecule has 0 atom stereocenters. The first-order chi connectivity index (χ1) is 15.5. The minimum absolute atomic E-state index is 0.0309. The molecule has 0 bridgehead atoms. The van der Waals surface area contributed by atoms with Crippen molar-refractivity contribution in [2.75, 3.05) is 49.6 Å². The fourth-order valence-corrected chi connectivity index (χ4v) is 3.69. The van der Waals surface area contributed by atoms with Gasteiger partial charge in [-0.05, 0) is 24.3 Å². The Morgan fingerprint density at radius 2 is 1.81 bits per heavy atom. The number of alkyl halides is 3. The minimum atomic E-state index is -4.50. The van der Waals surface area contributed by atoms with Gasteiger partial charge in [0.25, 0.3) is 0 Å². The van der Waals surface area contributed by atoms with Gasteiger partial charge in [-0.1, -0.05) is 6.07 Å². The summed E-state index contributed by atoms with van der Waals surface area (Å²) < 4.78 is 47.3. The molecule has 9 nitrogen and oxygen atoms in total. The molecule has 32 heavy (non-hydrogen) atoms. The maximum Gasteiger partial charge on any atom is 0.416 e. The second-order valence-electron chi connectivity index (χ2n) is 7.64. The van der Waals surface area contributed by atoms with Crippen LogP contribution in [0.3, 0.4) is 0 Å². The predicted octanol–water partition coefficient (Wildman–Crippen LogP) is 2.34. The van der Waals surface area contributed by atoms with Crippen molar-refractivity contribution in [3.63, 3.8) is 0 Å². The van der Waals surface area contributed by atoms with Crippen molar-refractivity contribution in [3.05, 3.63) is 48.4 Å². The molecule has 0 unspecified atom stereocenters. The van der Waals surface area contributed by atoms with Crippen LogP contribution >= 0.6 is 0 Å². The van der Waals surface area contributed by atoms with Gasteiger partial charge < -0.3 is 15.0 Å². The largest absolute Gasteiger partial charge is 0.416 e.